The standard InChI is InChI=1S/C18H20Cl2N2OS.ClH/c1-22-10-6-5-9-14(22)16(12-7-3-2-4-8-12)21-18(23)13-11-15(19)24-17(13)20;/h2-4,7-8,11,14,16H,5-6,9-10H2,1H3,(H,21,23);1H. The third-order valence-electron chi connectivity index (χ3n) is 4.56. The largest absolute Gasteiger partial charge is 0.344 e. The molecule has 1 aliphatic rings. The minimum absolute atomic E-state index is 0. The molecule has 0 radical (unpaired) electrons. The highest BCUT2D eigenvalue weighted by Crippen LogP contribution is 2.33. The summed E-state index contributed by atoms with van der Waals surface area (Å²) in [7, 11) is 2.13. The molecule has 1 aromatic heterocycles. The molecule has 1 fully saturated rings. The molecule has 1 N–H and O–H groups in total. The minimum atomic E-state index is -0.170. The second-order valence-electron chi connectivity index (χ2n) is 6.14. The molecule has 3 nitrogen and oxygen atoms in total. The average molecular weight is 420 g/mol. The van der Waals surface area contributed by atoms with E-state index in [9.17, 15) is 4.79 Å². The first-order valence-corrected chi connectivity index (χ1v) is 9.64. The van der Waals surface area contributed by atoms with Crippen LogP contribution in [-0.2, 0) is 0 Å². The Morgan fingerprint density at radius 1 is 1.28 bits per heavy atom. The van der Waals surface area contributed by atoms with Crippen LogP contribution in [-0.4, -0.2) is 30.4 Å². The van der Waals surface area contributed by atoms with Crippen molar-refractivity contribution in [1.29, 1.82) is 0 Å². The first-order chi connectivity index (χ1) is 11.6. The summed E-state index contributed by atoms with van der Waals surface area (Å²) < 4.78 is 0.956. The fourth-order valence-corrected chi connectivity index (χ4v) is 4.76. The van der Waals surface area contributed by atoms with Gasteiger partial charge in [0.05, 0.1) is 15.9 Å². The van der Waals surface area contributed by atoms with E-state index >= 15 is 0 Å². The number of hydrogen-bond acceptors (Lipinski definition) is 3. The van der Waals surface area contributed by atoms with Crippen molar-refractivity contribution in [3.8, 4) is 0 Å². The predicted molar refractivity (Wildman–Crippen MR) is 109 cm³/mol. The number of carbonyl (C=O) groups excluding carboxylic acids is 1. The number of rotatable bonds is 4. The van der Waals surface area contributed by atoms with Gasteiger partial charge in [-0.15, -0.1) is 23.7 Å². The average Bonchev–Trinajstić information content (AvgIpc) is 2.92. The van der Waals surface area contributed by atoms with E-state index in [1.807, 2.05) is 18.2 Å². The molecule has 0 bridgehead atoms. The van der Waals surface area contributed by atoms with E-state index in [0.717, 1.165) is 18.5 Å². The molecule has 1 aromatic carbocycles. The normalized spacial score (nSPS) is 19.1. The lowest BCUT2D eigenvalue weighted by atomic mass is 9.91. The van der Waals surface area contributed by atoms with Crippen molar-refractivity contribution in [3.63, 3.8) is 0 Å². The van der Waals surface area contributed by atoms with Crippen LogP contribution in [0.4, 0.5) is 0 Å². The minimum Gasteiger partial charge on any atom is -0.344 e. The number of hydrogen-bond donors (Lipinski definition) is 1. The van der Waals surface area contributed by atoms with E-state index < -0.39 is 0 Å². The highest BCUT2D eigenvalue weighted by atomic mass is 35.5. The highest BCUT2D eigenvalue weighted by Gasteiger charge is 2.30. The van der Waals surface area contributed by atoms with Gasteiger partial charge in [0.25, 0.3) is 5.91 Å². The summed E-state index contributed by atoms with van der Waals surface area (Å²) in [6.07, 6.45) is 3.45. The first-order valence-electron chi connectivity index (χ1n) is 8.07. The lowest BCUT2D eigenvalue weighted by Crippen LogP contribution is -2.47. The number of nitrogens with zero attached hydrogens (tertiary/aromatic N) is 1. The van der Waals surface area contributed by atoms with Gasteiger partial charge in [-0.2, -0.15) is 0 Å². The third-order valence-corrected chi connectivity index (χ3v) is 6.05. The van der Waals surface area contributed by atoms with Gasteiger partial charge in [0.2, 0.25) is 0 Å². The number of carbonyl (C=O) groups is 1. The van der Waals surface area contributed by atoms with Crippen molar-refractivity contribution in [1.82, 2.24) is 10.2 Å². The maximum atomic E-state index is 12.7. The number of benzene rings is 1. The van der Waals surface area contributed by atoms with Gasteiger partial charge in [-0.3, -0.25) is 4.79 Å². The maximum Gasteiger partial charge on any atom is 0.254 e. The molecular weight excluding hydrogens is 399 g/mol. The van der Waals surface area contributed by atoms with Crippen molar-refractivity contribution in [2.75, 3.05) is 13.6 Å². The SMILES string of the molecule is CN1CCCCC1C(NC(=O)c1cc(Cl)sc1Cl)c1ccccc1.Cl. The van der Waals surface area contributed by atoms with Crippen LogP contribution in [0.1, 0.15) is 41.2 Å². The Morgan fingerprint density at radius 3 is 2.60 bits per heavy atom. The van der Waals surface area contributed by atoms with E-state index in [4.69, 9.17) is 23.2 Å². The molecule has 1 saturated heterocycles. The summed E-state index contributed by atoms with van der Waals surface area (Å²) in [5.74, 6) is -0.170. The Kier molecular flexibility index (Phi) is 7.59. The van der Waals surface area contributed by atoms with Crippen molar-refractivity contribution >= 4 is 52.9 Å². The summed E-state index contributed by atoms with van der Waals surface area (Å²) in [5.41, 5.74) is 1.56. The Hall–Kier alpha value is -0.780. The van der Waals surface area contributed by atoms with Gasteiger partial charge in [-0.25, -0.2) is 0 Å². The summed E-state index contributed by atoms with van der Waals surface area (Å²) in [6.45, 7) is 1.05. The molecule has 7 heteroatoms. The lowest BCUT2D eigenvalue weighted by molar-refractivity contribution is 0.0871. The number of nitrogens with one attached hydrogen (secondary N) is 1. The summed E-state index contributed by atoms with van der Waals surface area (Å²) in [4.78, 5) is 15.1. The molecule has 2 atom stereocenters. The molecule has 1 amide bonds. The Labute approximate surface area is 168 Å². The highest BCUT2D eigenvalue weighted by molar-refractivity contribution is 7.20. The fourth-order valence-electron chi connectivity index (χ4n) is 3.30. The number of likely N-dealkylation sites (tertiary alicyclic amines) is 1. The van der Waals surface area contributed by atoms with Gasteiger partial charge in [0.15, 0.2) is 0 Å². The van der Waals surface area contributed by atoms with Crippen molar-refractivity contribution in [2.24, 2.45) is 0 Å². The zero-order valence-electron chi connectivity index (χ0n) is 13.9. The second kappa shape index (κ2) is 9.24. The van der Waals surface area contributed by atoms with Gasteiger partial charge in [-0.1, -0.05) is 60.0 Å². The molecule has 136 valence electrons. The van der Waals surface area contributed by atoms with Crippen LogP contribution < -0.4 is 5.32 Å². The van der Waals surface area contributed by atoms with Gasteiger partial charge in [0.1, 0.15) is 4.34 Å². The van der Waals surface area contributed by atoms with Crippen molar-refractivity contribution in [3.05, 3.63) is 56.2 Å². The van der Waals surface area contributed by atoms with Crippen LogP contribution in [0.2, 0.25) is 8.67 Å². The van der Waals surface area contributed by atoms with E-state index in [-0.39, 0.29) is 30.4 Å². The van der Waals surface area contributed by atoms with E-state index in [2.05, 4.69) is 29.4 Å². The van der Waals surface area contributed by atoms with Crippen LogP contribution >= 0.6 is 46.9 Å². The number of amides is 1. The van der Waals surface area contributed by atoms with E-state index in [0.29, 0.717) is 14.2 Å². The summed E-state index contributed by atoms with van der Waals surface area (Å²) in [6, 6.07) is 12.0. The van der Waals surface area contributed by atoms with Gasteiger partial charge < -0.3 is 10.2 Å². The number of likely N-dealkylation sites (N-methyl/N-ethyl adjacent to an activating group) is 1. The fraction of sp³-hybridized carbons (Fsp3) is 0.389. The van der Waals surface area contributed by atoms with Gasteiger partial charge >= 0.3 is 0 Å². The number of piperidine rings is 1. The molecule has 25 heavy (non-hydrogen) atoms. The molecular formula is C18H21Cl3N2OS. The first kappa shape index (κ1) is 20.5. The molecule has 2 aromatic rings. The smallest absolute Gasteiger partial charge is 0.254 e. The lowest BCUT2D eigenvalue weighted by Gasteiger charge is -2.38. The van der Waals surface area contributed by atoms with Crippen LogP contribution in [0, 0.1) is 0 Å². The van der Waals surface area contributed by atoms with Crippen molar-refractivity contribution in [2.45, 2.75) is 31.3 Å². The predicted octanol–water partition coefficient (Wildman–Crippen LogP) is 5.43. The molecule has 3 rings (SSSR count). The maximum absolute atomic E-state index is 12.7. The zero-order valence-corrected chi connectivity index (χ0v) is 17.0. The second-order valence-corrected chi connectivity index (χ2v) is 8.43. The van der Waals surface area contributed by atoms with Crippen LogP contribution in [0.25, 0.3) is 0 Å². The number of halogens is 3. The summed E-state index contributed by atoms with van der Waals surface area (Å²) in [5, 5.41) is 3.19. The molecule has 0 saturated carbocycles. The van der Waals surface area contributed by atoms with Crippen LogP contribution in [0.15, 0.2) is 36.4 Å². The molecule has 2 heterocycles. The van der Waals surface area contributed by atoms with Gasteiger partial charge in [-0.05, 0) is 38.1 Å². The van der Waals surface area contributed by atoms with E-state index in [1.54, 1.807) is 6.07 Å². The third kappa shape index (κ3) is 4.89. The van der Waals surface area contributed by atoms with Gasteiger partial charge in [0, 0.05) is 6.04 Å². The van der Waals surface area contributed by atoms with E-state index in [1.165, 1.54) is 24.2 Å². The summed E-state index contributed by atoms with van der Waals surface area (Å²) >= 11 is 13.3. The molecule has 0 aliphatic carbocycles. The Morgan fingerprint density at radius 2 is 2.00 bits per heavy atom. The van der Waals surface area contributed by atoms with Crippen molar-refractivity contribution < 1.29 is 4.79 Å². The Bertz CT molecular complexity index is 708. The monoisotopic (exact) mass is 418 g/mol. The molecule has 0 spiro atoms. The molecule has 1 aliphatic heterocycles. The topological polar surface area (TPSA) is 32.3 Å². The number of thiophene rings is 1. The van der Waals surface area contributed by atoms with Crippen LogP contribution in [0.3, 0.4) is 0 Å². The Balaban J connectivity index is 0.00000225. The molecule has 2 unspecified atom stereocenters. The zero-order chi connectivity index (χ0) is 17.1. The van der Waals surface area contributed by atoms with Crippen LogP contribution in [0.5, 0.6) is 0 Å². The quantitative estimate of drug-likeness (QED) is 0.716.